The molecule has 0 saturated carbocycles. The van der Waals surface area contributed by atoms with E-state index in [0.717, 1.165) is 24.1 Å². The summed E-state index contributed by atoms with van der Waals surface area (Å²) >= 11 is 0. The number of nitrogens with zero attached hydrogens (tertiary/aromatic N) is 1. The molecule has 2 rings (SSSR count). The Morgan fingerprint density at radius 2 is 2.36 bits per heavy atom. The van der Waals surface area contributed by atoms with E-state index in [2.05, 4.69) is 0 Å². The zero-order valence-corrected chi connectivity index (χ0v) is 8.45. The van der Waals surface area contributed by atoms with Crippen molar-refractivity contribution in [2.45, 2.75) is 32.9 Å². The van der Waals surface area contributed by atoms with Gasteiger partial charge < -0.3 is 9.30 Å². The second-order valence-electron chi connectivity index (χ2n) is 3.54. The molecule has 3 nitrogen and oxygen atoms in total. The van der Waals surface area contributed by atoms with Crippen molar-refractivity contribution in [2.24, 2.45) is 0 Å². The minimum atomic E-state index is 0.279. The minimum Gasteiger partial charge on any atom is -0.361 e. The highest BCUT2D eigenvalue weighted by atomic mass is 16.5. The molecule has 1 aliphatic carbocycles. The van der Waals surface area contributed by atoms with Crippen molar-refractivity contribution in [2.75, 3.05) is 6.61 Å². The summed E-state index contributed by atoms with van der Waals surface area (Å²) in [6.45, 7) is 3.25. The standard InChI is InChI=1S/C11H15NO2/c1-2-14-8-12-7-6-9-10(12)4-3-5-11(9)13/h6-7H,2-5,8H2,1H3. The van der Waals surface area contributed by atoms with Gasteiger partial charge in [-0.2, -0.15) is 0 Å². The van der Waals surface area contributed by atoms with Gasteiger partial charge in [-0.3, -0.25) is 4.79 Å². The van der Waals surface area contributed by atoms with Gasteiger partial charge in [-0.15, -0.1) is 0 Å². The van der Waals surface area contributed by atoms with Crippen LogP contribution in [0, 0.1) is 0 Å². The number of ether oxygens (including phenoxy) is 1. The summed E-state index contributed by atoms with van der Waals surface area (Å²) in [6, 6.07) is 1.91. The van der Waals surface area contributed by atoms with Crippen LogP contribution in [0.4, 0.5) is 0 Å². The number of carbonyl (C=O) groups is 1. The lowest BCUT2D eigenvalue weighted by Gasteiger charge is -2.14. The number of ketones is 1. The predicted molar refractivity (Wildman–Crippen MR) is 53.3 cm³/mol. The van der Waals surface area contributed by atoms with E-state index < -0.39 is 0 Å². The summed E-state index contributed by atoms with van der Waals surface area (Å²) < 4.78 is 7.37. The Hall–Kier alpha value is -1.09. The zero-order chi connectivity index (χ0) is 9.97. The van der Waals surface area contributed by atoms with Crippen LogP contribution in [0.2, 0.25) is 0 Å². The van der Waals surface area contributed by atoms with Crippen molar-refractivity contribution < 1.29 is 9.53 Å². The molecule has 0 N–H and O–H groups in total. The number of carbonyl (C=O) groups excluding carboxylic acids is 1. The Labute approximate surface area is 83.7 Å². The second-order valence-corrected chi connectivity index (χ2v) is 3.54. The Morgan fingerprint density at radius 3 is 3.14 bits per heavy atom. The first-order valence-electron chi connectivity index (χ1n) is 5.12. The van der Waals surface area contributed by atoms with Crippen LogP contribution in [-0.2, 0) is 17.9 Å². The fraction of sp³-hybridized carbons (Fsp3) is 0.545. The second kappa shape index (κ2) is 3.96. The van der Waals surface area contributed by atoms with Crippen LogP contribution in [0.15, 0.2) is 12.3 Å². The summed E-state index contributed by atoms with van der Waals surface area (Å²) in [5.74, 6) is 0.279. The fourth-order valence-electron chi connectivity index (χ4n) is 1.90. The number of fused-ring (bicyclic) bond motifs is 1. The van der Waals surface area contributed by atoms with Crippen molar-refractivity contribution in [3.63, 3.8) is 0 Å². The van der Waals surface area contributed by atoms with Gasteiger partial charge in [-0.05, 0) is 25.8 Å². The molecule has 0 saturated heterocycles. The Balaban J connectivity index is 2.22. The predicted octanol–water partition coefficient (Wildman–Crippen LogP) is 2.00. The van der Waals surface area contributed by atoms with E-state index in [1.54, 1.807) is 0 Å². The lowest BCUT2D eigenvalue weighted by Crippen LogP contribution is -2.14. The topological polar surface area (TPSA) is 31.2 Å². The zero-order valence-electron chi connectivity index (χ0n) is 8.45. The third kappa shape index (κ3) is 1.60. The van der Waals surface area contributed by atoms with Crippen molar-refractivity contribution in [1.29, 1.82) is 0 Å². The molecular weight excluding hydrogens is 178 g/mol. The molecule has 1 aromatic heterocycles. The van der Waals surface area contributed by atoms with Crippen LogP contribution >= 0.6 is 0 Å². The number of rotatable bonds is 3. The highest BCUT2D eigenvalue weighted by Crippen LogP contribution is 2.22. The van der Waals surface area contributed by atoms with Gasteiger partial charge in [0, 0.05) is 30.5 Å². The Morgan fingerprint density at radius 1 is 1.50 bits per heavy atom. The first-order valence-corrected chi connectivity index (χ1v) is 5.12. The third-order valence-electron chi connectivity index (χ3n) is 2.63. The van der Waals surface area contributed by atoms with E-state index >= 15 is 0 Å². The average Bonchev–Trinajstić information content (AvgIpc) is 2.60. The summed E-state index contributed by atoms with van der Waals surface area (Å²) in [5.41, 5.74) is 2.05. The molecule has 0 radical (unpaired) electrons. The molecule has 0 aromatic carbocycles. The van der Waals surface area contributed by atoms with E-state index in [1.165, 1.54) is 0 Å². The summed E-state index contributed by atoms with van der Waals surface area (Å²) in [6.07, 6.45) is 4.62. The number of hydrogen-bond donors (Lipinski definition) is 0. The average molecular weight is 193 g/mol. The highest BCUT2D eigenvalue weighted by molar-refractivity contribution is 5.98. The molecule has 76 valence electrons. The monoisotopic (exact) mass is 193 g/mol. The van der Waals surface area contributed by atoms with Crippen LogP contribution in [0.25, 0.3) is 0 Å². The molecule has 0 bridgehead atoms. The Kier molecular flexibility index (Phi) is 2.68. The van der Waals surface area contributed by atoms with E-state index in [9.17, 15) is 4.79 Å². The molecule has 3 heteroatoms. The summed E-state index contributed by atoms with van der Waals surface area (Å²) in [7, 11) is 0. The molecule has 1 aromatic rings. The lowest BCUT2D eigenvalue weighted by atomic mass is 9.97. The van der Waals surface area contributed by atoms with Gasteiger partial charge in [-0.25, -0.2) is 0 Å². The van der Waals surface area contributed by atoms with Crippen molar-refractivity contribution in [3.05, 3.63) is 23.5 Å². The largest absolute Gasteiger partial charge is 0.361 e. The summed E-state index contributed by atoms with van der Waals surface area (Å²) in [5, 5.41) is 0. The molecule has 1 aliphatic rings. The van der Waals surface area contributed by atoms with Crippen molar-refractivity contribution in [1.82, 2.24) is 4.57 Å². The van der Waals surface area contributed by atoms with E-state index in [1.807, 2.05) is 23.8 Å². The molecular formula is C11H15NO2. The molecule has 0 unspecified atom stereocenters. The van der Waals surface area contributed by atoms with E-state index in [-0.39, 0.29) is 5.78 Å². The van der Waals surface area contributed by atoms with Crippen LogP contribution in [0.3, 0.4) is 0 Å². The smallest absolute Gasteiger partial charge is 0.164 e. The number of aromatic nitrogens is 1. The maximum Gasteiger partial charge on any atom is 0.164 e. The van der Waals surface area contributed by atoms with Crippen LogP contribution in [-0.4, -0.2) is 17.0 Å². The normalized spacial score (nSPS) is 15.6. The quantitative estimate of drug-likeness (QED) is 0.735. The maximum absolute atomic E-state index is 11.5. The first kappa shape index (κ1) is 9.46. The van der Waals surface area contributed by atoms with Gasteiger partial charge in [0.1, 0.15) is 6.73 Å². The lowest BCUT2D eigenvalue weighted by molar-refractivity contribution is 0.0850. The summed E-state index contributed by atoms with van der Waals surface area (Å²) in [4.78, 5) is 11.5. The molecule has 0 amide bonds. The van der Waals surface area contributed by atoms with Gasteiger partial charge in [-0.1, -0.05) is 0 Å². The van der Waals surface area contributed by atoms with Gasteiger partial charge in [0.15, 0.2) is 5.78 Å². The maximum atomic E-state index is 11.5. The van der Waals surface area contributed by atoms with Gasteiger partial charge in [0.2, 0.25) is 0 Å². The number of Topliss-reactive ketones (excluding diaryl/α,β-unsaturated/α-hetero) is 1. The van der Waals surface area contributed by atoms with Crippen LogP contribution < -0.4 is 0 Å². The Bertz CT molecular complexity index is 341. The minimum absolute atomic E-state index is 0.279. The van der Waals surface area contributed by atoms with E-state index in [0.29, 0.717) is 19.8 Å². The van der Waals surface area contributed by atoms with Crippen molar-refractivity contribution >= 4 is 5.78 Å². The molecule has 0 atom stereocenters. The molecule has 1 heterocycles. The highest BCUT2D eigenvalue weighted by Gasteiger charge is 2.19. The molecule has 0 spiro atoms. The molecule has 0 aliphatic heterocycles. The van der Waals surface area contributed by atoms with Gasteiger partial charge in [0.05, 0.1) is 0 Å². The van der Waals surface area contributed by atoms with Gasteiger partial charge >= 0.3 is 0 Å². The first-order chi connectivity index (χ1) is 6.83. The van der Waals surface area contributed by atoms with Crippen LogP contribution in [0.1, 0.15) is 35.8 Å². The van der Waals surface area contributed by atoms with Crippen LogP contribution in [0.5, 0.6) is 0 Å². The SMILES string of the molecule is CCOCn1ccc2c1CCCC2=O. The fourth-order valence-corrected chi connectivity index (χ4v) is 1.90. The van der Waals surface area contributed by atoms with Crippen molar-refractivity contribution in [3.8, 4) is 0 Å². The van der Waals surface area contributed by atoms with E-state index in [4.69, 9.17) is 4.74 Å². The third-order valence-corrected chi connectivity index (χ3v) is 2.63. The molecule has 14 heavy (non-hydrogen) atoms. The molecule has 0 fully saturated rings. The number of hydrogen-bond acceptors (Lipinski definition) is 2. The van der Waals surface area contributed by atoms with Gasteiger partial charge in [0.25, 0.3) is 0 Å².